The Morgan fingerprint density at radius 3 is 2.12 bits per heavy atom. The third-order valence-electron chi connectivity index (χ3n) is 12.0. The number of carbonyl (C=O) groups is 6. The lowest BCUT2D eigenvalue weighted by atomic mass is 9.95. The molecule has 20 heteroatoms. The highest BCUT2D eigenvalue weighted by Gasteiger charge is 2.31. The minimum atomic E-state index is -0.829. The SMILES string of the molecule is CCCC.CCCCN(C)CC=O.CCCOC(CC(C(C)C)N(CCC)C(=O)CNC)c1nc(C(=O)NC(CCC(=O)OC(C)CNC(=O)CCCC(=O)OCC(OC(C)C)OC(CC)CO)Cc2ccc(F)cc2)cs1. The van der Waals surface area contributed by atoms with E-state index in [1.165, 1.54) is 49.2 Å². The molecule has 4 N–H and O–H groups in total. The summed E-state index contributed by atoms with van der Waals surface area (Å²) in [5.41, 5.74) is 0.951. The predicted octanol–water partition coefficient (Wildman–Crippen LogP) is 8.77. The summed E-state index contributed by atoms with van der Waals surface area (Å²) < 4.78 is 42.2. The molecule has 0 spiro atoms. The number of carbonyl (C=O) groups excluding carboxylic acids is 6. The maximum Gasteiger partial charge on any atom is 0.306 e. The zero-order valence-corrected chi connectivity index (χ0v) is 50.5. The number of thiazole rings is 1. The number of benzene rings is 1. The van der Waals surface area contributed by atoms with Crippen LogP contribution in [-0.2, 0) is 54.1 Å². The number of aliphatic hydroxyl groups is 1. The molecule has 0 bridgehead atoms. The number of aliphatic hydroxyl groups excluding tert-OH is 1. The highest BCUT2D eigenvalue weighted by molar-refractivity contribution is 7.09. The van der Waals surface area contributed by atoms with Crippen molar-refractivity contribution in [3.05, 3.63) is 51.7 Å². The van der Waals surface area contributed by atoms with Crippen molar-refractivity contribution in [1.29, 1.82) is 0 Å². The van der Waals surface area contributed by atoms with Crippen LogP contribution in [0.1, 0.15) is 187 Å². The molecule has 2 rings (SSSR count). The smallest absolute Gasteiger partial charge is 0.306 e. The molecule has 6 unspecified atom stereocenters. The Hall–Kier alpha value is -4.44. The van der Waals surface area contributed by atoms with Gasteiger partial charge in [0.15, 0.2) is 6.29 Å². The van der Waals surface area contributed by atoms with Crippen LogP contribution < -0.4 is 16.0 Å². The molecule has 0 aliphatic heterocycles. The van der Waals surface area contributed by atoms with E-state index < -0.39 is 54.3 Å². The molecule has 0 fully saturated rings. The third-order valence-corrected chi connectivity index (χ3v) is 12.9. The average Bonchev–Trinajstić information content (AvgIpc) is 3.91. The van der Waals surface area contributed by atoms with Gasteiger partial charge in [-0.2, -0.15) is 0 Å². The maximum absolute atomic E-state index is 13.8. The van der Waals surface area contributed by atoms with Gasteiger partial charge in [0.25, 0.3) is 5.91 Å². The van der Waals surface area contributed by atoms with E-state index in [9.17, 15) is 38.3 Å². The van der Waals surface area contributed by atoms with Gasteiger partial charge >= 0.3 is 11.9 Å². The first kappa shape index (κ1) is 73.6. The number of aldehydes is 1. The summed E-state index contributed by atoms with van der Waals surface area (Å²) in [6, 6.07) is 5.26. The second-order valence-electron chi connectivity index (χ2n) is 20.0. The summed E-state index contributed by atoms with van der Waals surface area (Å²) in [4.78, 5) is 83.3. The second-order valence-corrected chi connectivity index (χ2v) is 20.9. The van der Waals surface area contributed by atoms with Crippen LogP contribution in [0, 0.1) is 11.7 Å². The number of ether oxygens (including phenoxy) is 5. The van der Waals surface area contributed by atoms with E-state index >= 15 is 0 Å². The van der Waals surface area contributed by atoms with E-state index in [1.807, 2.05) is 51.5 Å². The van der Waals surface area contributed by atoms with E-state index in [-0.39, 0.29) is 94.0 Å². The second kappa shape index (κ2) is 45.3. The Bertz CT molecular complexity index is 1900. The lowest BCUT2D eigenvalue weighted by molar-refractivity contribution is -0.217. The summed E-state index contributed by atoms with van der Waals surface area (Å²) in [6.07, 6.45) is 6.78. The van der Waals surface area contributed by atoms with Crippen LogP contribution in [0.2, 0.25) is 0 Å². The van der Waals surface area contributed by atoms with Gasteiger partial charge in [0.05, 0.1) is 38.4 Å². The van der Waals surface area contributed by atoms with Gasteiger partial charge in [0.1, 0.15) is 41.6 Å². The van der Waals surface area contributed by atoms with Crippen molar-refractivity contribution in [1.82, 2.24) is 30.7 Å². The quantitative estimate of drug-likeness (QED) is 0.0278. The summed E-state index contributed by atoms with van der Waals surface area (Å²) in [7, 11) is 3.71. The Balaban J connectivity index is 0.00000403. The molecular formula is C58H101FN6O12S. The fraction of sp³-hybridized carbons (Fsp3) is 0.741. The number of nitrogens with zero attached hydrogens (tertiary/aromatic N) is 3. The van der Waals surface area contributed by atoms with Gasteiger partial charge in [-0.1, -0.05) is 86.8 Å². The molecule has 6 atom stereocenters. The van der Waals surface area contributed by atoms with E-state index in [0.717, 1.165) is 31.2 Å². The topological polar surface area (TPSA) is 224 Å². The molecule has 0 aliphatic rings. The first-order valence-corrected chi connectivity index (χ1v) is 29.4. The van der Waals surface area contributed by atoms with Gasteiger partial charge in [0, 0.05) is 56.3 Å². The predicted molar refractivity (Wildman–Crippen MR) is 306 cm³/mol. The molecule has 0 aliphatic carbocycles. The monoisotopic (exact) mass is 1120 g/mol. The zero-order valence-electron chi connectivity index (χ0n) is 49.7. The lowest BCUT2D eigenvalue weighted by Gasteiger charge is -2.36. The molecule has 1 aromatic heterocycles. The molecule has 0 saturated carbocycles. The summed E-state index contributed by atoms with van der Waals surface area (Å²) >= 11 is 1.32. The number of aromatic nitrogens is 1. The minimum Gasteiger partial charge on any atom is -0.461 e. The Morgan fingerprint density at radius 2 is 1.55 bits per heavy atom. The van der Waals surface area contributed by atoms with Crippen LogP contribution in [0.4, 0.5) is 4.39 Å². The van der Waals surface area contributed by atoms with Crippen LogP contribution in [0.25, 0.3) is 0 Å². The number of likely N-dealkylation sites (N-methyl/N-ethyl adjacent to an activating group) is 2. The minimum absolute atomic E-state index is 0.00592. The molecule has 18 nitrogen and oxygen atoms in total. The fourth-order valence-corrected chi connectivity index (χ4v) is 8.37. The van der Waals surface area contributed by atoms with E-state index in [1.54, 1.807) is 31.5 Å². The number of hydrogen-bond donors (Lipinski definition) is 4. The molecule has 0 radical (unpaired) electrons. The van der Waals surface area contributed by atoms with Gasteiger partial charge in [-0.3, -0.25) is 28.9 Å². The molecule has 448 valence electrons. The highest BCUT2D eigenvalue weighted by Crippen LogP contribution is 2.31. The number of unbranched alkanes of at least 4 members (excludes halogenated alkanes) is 2. The largest absolute Gasteiger partial charge is 0.461 e. The van der Waals surface area contributed by atoms with Crippen LogP contribution in [-0.4, -0.2) is 159 Å². The van der Waals surface area contributed by atoms with Gasteiger partial charge in [-0.05, 0) is 110 Å². The normalized spacial score (nSPS) is 13.5. The third kappa shape index (κ3) is 34.5. The van der Waals surface area contributed by atoms with Crippen molar-refractivity contribution < 1.29 is 61.9 Å². The molecule has 1 heterocycles. The first-order valence-electron chi connectivity index (χ1n) is 28.5. The average molecular weight is 1130 g/mol. The Labute approximate surface area is 471 Å². The molecule has 1 aromatic carbocycles. The summed E-state index contributed by atoms with van der Waals surface area (Å²) in [5, 5.41) is 20.4. The number of amides is 3. The van der Waals surface area contributed by atoms with Crippen LogP contribution in [0.15, 0.2) is 29.6 Å². The number of halogens is 1. The first-order chi connectivity index (χ1) is 37.2. The molecule has 78 heavy (non-hydrogen) atoms. The molecule has 3 amide bonds. The molecule has 0 saturated heterocycles. The van der Waals surface area contributed by atoms with Gasteiger partial charge < -0.3 is 54.4 Å². The van der Waals surface area contributed by atoms with Gasteiger partial charge in [-0.15, -0.1) is 11.3 Å². The maximum atomic E-state index is 13.8. The zero-order chi connectivity index (χ0) is 58.8. The van der Waals surface area contributed by atoms with Crippen LogP contribution >= 0.6 is 11.3 Å². The number of nitrogens with one attached hydrogen (secondary N) is 3. The Morgan fingerprint density at radius 1 is 0.859 bits per heavy atom. The van der Waals surface area contributed by atoms with Crippen molar-refractivity contribution in [3.63, 3.8) is 0 Å². The van der Waals surface area contributed by atoms with Crippen LogP contribution in [0.3, 0.4) is 0 Å². The van der Waals surface area contributed by atoms with Crippen molar-refractivity contribution in [3.8, 4) is 0 Å². The number of hydrogen-bond acceptors (Lipinski definition) is 16. The molecular weight excluding hydrogens is 1020 g/mol. The summed E-state index contributed by atoms with van der Waals surface area (Å²) in [5.74, 6) is -2.06. The summed E-state index contributed by atoms with van der Waals surface area (Å²) in [6.45, 7) is 24.5. The van der Waals surface area contributed by atoms with Gasteiger partial charge in [-0.25, -0.2) is 9.37 Å². The Kier molecular flexibility index (Phi) is 42.7. The van der Waals surface area contributed by atoms with E-state index in [2.05, 4.69) is 50.6 Å². The fourth-order valence-electron chi connectivity index (χ4n) is 7.51. The van der Waals surface area contributed by atoms with Crippen LogP contribution in [0.5, 0.6) is 0 Å². The molecule has 2 aromatic rings. The van der Waals surface area contributed by atoms with Gasteiger partial charge in [0.2, 0.25) is 11.8 Å². The van der Waals surface area contributed by atoms with Crippen molar-refractivity contribution in [2.45, 2.75) is 209 Å². The number of esters is 2. The highest BCUT2D eigenvalue weighted by atomic mass is 32.1. The lowest BCUT2D eigenvalue weighted by Crippen LogP contribution is -2.47. The van der Waals surface area contributed by atoms with E-state index in [0.29, 0.717) is 44.0 Å². The standard InChI is InChI=1S/C47H76FN5O11S.C7H15NO.C4H10/c1-10-22-53(42(56)27-49-9)39(31(4)5)25-40(60-23-11-2)47-52-38(30-65-47)46(59)51-36(24-34-16-18-35(48)19-17-34)20-21-44(58)63-33(8)26-50-41(55)14-13-15-43(57)61-29-45(62-32(6)7)64-37(12-3)28-54;1-3-4-5-8(2)6-7-9;1-3-4-2/h16-19,30-33,36-37,39-40,45,49,54H,10-15,20-29H2,1-9H3,(H,50,55)(H,51,59);7H,3-6H2,1-2H3;3-4H2,1-2H3. The van der Waals surface area contributed by atoms with Crippen molar-refractivity contribution in [2.24, 2.45) is 5.92 Å². The number of rotatable bonds is 40. The van der Waals surface area contributed by atoms with Crippen molar-refractivity contribution in [2.75, 3.05) is 66.6 Å². The van der Waals surface area contributed by atoms with Crippen molar-refractivity contribution >= 4 is 47.3 Å². The van der Waals surface area contributed by atoms with E-state index in [4.69, 9.17) is 28.7 Å².